The highest BCUT2D eigenvalue weighted by molar-refractivity contribution is 5.61. The number of oxazole rings is 1. The van der Waals surface area contributed by atoms with E-state index < -0.39 is 0 Å². The van der Waals surface area contributed by atoms with Crippen LogP contribution in [0.15, 0.2) is 28.9 Å². The van der Waals surface area contributed by atoms with Crippen LogP contribution in [0, 0.1) is 0 Å². The maximum atomic E-state index is 5.49. The molecule has 72 valence electrons. The van der Waals surface area contributed by atoms with E-state index in [1.54, 1.807) is 12.4 Å². The molecule has 2 N–H and O–H groups in total. The Morgan fingerprint density at radius 2 is 2.36 bits per heavy atom. The molecule has 0 saturated heterocycles. The highest BCUT2D eigenvalue weighted by Crippen LogP contribution is 2.24. The molecule has 14 heavy (non-hydrogen) atoms. The van der Waals surface area contributed by atoms with Gasteiger partial charge in [-0.3, -0.25) is 4.98 Å². The van der Waals surface area contributed by atoms with Crippen LogP contribution in [0.4, 0.5) is 6.01 Å². The molecule has 2 rings (SSSR count). The average Bonchev–Trinajstić information content (AvgIpc) is 2.61. The topological polar surface area (TPSA) is 64.9 Å². The van der Waals surface area contributed by atoms with Gasteiger partial charge in [0.15, 0.2) is 0 Å². The second kappa shape index (κ2) is 3.49. The number of rotatable bonds is 2. The largest absolute Gasteiger partial charge is 0.428 e. The highest BCUT2D eigenvalue weighted by Gasteiger charge is 2.11. The lowest BCUT2D eigenvalue weighted by Crippen LogP contribution is -1.85. The summed E-state index contributed by atoms with van der Waals surface area (Å²) in [6.07, 6.45) is 4.24. The Kier molecular flexibility index (Phi) is 2.18. The molecule has 0 aliphatic rings. The Bertz CT molecular complexity index is 422. The lowest BCUT2D eigenvalue weighted by Gasteiger charge is -1.96. The first-order chi connectivity index (χ1) is 6.81. The Hall–Kier alpha value is -1.84. The summed E-state index contributed by atoms with van der Waals surface area (Å²) in [6, 6.07) is 4.00. The normalized spacial score (nSPS) is 10.4. The molecule has 2 heterocycles. The van der Waals surface area contributed by atoms with Crippen molar-refractivity contribution in [3.05, 3.63) is 30.3 Å². The Morgan fingerprint density at radius 1 is 1.50 bits per heavy atom. The second-order valence-electron chi connectivity index (χ2n) is 2.92. The highest BCUT2D eigenvalue weighted by atomic mass is 16.4. The van der Waals surface area contributed by atoms with Gasteiger partial charge in [0.1, 0.15) is 11.5 Å². The maximum absolute atomic E-state index is 5.49. The van der Waals surface area contributed by atoms with Crippen molar-refractivity contribution in [1.29, 1.82) is 0 Å². The van der Waals surface area contributed by atoms with Gasteiger partial charge in [0.2, 0.25) is 0 Å². The van der Waals surface area contributed by atoms with Crippen LogP contribution in [0.3, 0.4) is 0 Å². The molecule has 0 saturated carbocycles. The lowest BCUT2D eigenvalue weighted by molar-refractivity contribution is 0.530. The molecular weight excluding hydrogens is 178 g/mol. The molecule has 0 radical (unpaired) electrons. The standard InChI is InChI=1S/C10H11N3O/c1-2-8-9(13-10(11)14-8)7-4-3-5-12-6-7/h3-6H,2H2,1H3,(H2,11,13). The predicted octanol–water partition coefficient (Wildman–Crippen LogP) is 1.88. The van der Waals surface area contributed by atoms with E-state index in [-0.39, 0.29) is 6.01 Å². The lowest BCUT2D eigenvalue weighted by atomic mass is 10.1. The van der Waals surface area contributed by atoms with Gasteiger partial charge in [-0.15, -0.1) is 0 Å². The molecule has 0 aromatic carbocycles. The smallest absolute Gasteiger partial charge is 0.292 e. The maximum Gasteiger partial charge on any atom is 0.292 e. The third-order valence-electron chi connectivity index (χ3n) is 1.97. The van der Waals surface area contributed by atoms with Gasteiger partial charge in [-0.05, 0) is 12.1 Å². The molecule has 0 aliphatic heterocycles. The minimum atomic E-state index is 0.209. The third-order valence-corrected chi connectivity index (χ3v) is 1.97. The summed E-state index contributed by atoms with van der Waals surface area (Å²) < 4.78 is 5.26. The van der Waals surface area contributed by atoms with E-state index in [0.29, 0.717) is 0 Å². The Balaban J connectivity index is 2.51. The summed E-state index contributed by atoms with van der Waals surface area (Å²) in [6.45, 7) is 2.00. The zero-order chi connectivity index (χ0) is 9.97. The molecule has 0 spiro atoms. The summed E-state index contributed by atoms with van der Waals surface area (Å²) >= 11 is 0. The van der Waals surface area contributed by atoms with Crippen molar-refractivity contribution in [3.63, 3.8) is 0 Å². The number of anilines is 1. The molecule has 0 unspecified atom stereocenters. The first-order valence-electron chi connectivity index (χ1n) is 4.47. The number of nitrogen functional groups attached to an aromatic ring is 1. The van der Waals surface area contributed by atoms with Gasteiger partial charge >= 0.3 is 0 Å². The van der Waals surface area contributed by atoms with E-state index in [1.807, 2.05) is 19.1 Å². The van der Waals surface area contributed by atoms with Crippen LogP contribution in [0.5, 0.6) is 0 Å². The molecule has 0 atom stereocenters. The van der Waals surface area contributed by atoms with Crippen LogP contribution in [-0.2, 0) is 6.42 Å². The van der Waals surface area contributed by atoms with Crippen LogP contribution < -0.4 is 5.73 Å². The fraction of sp³-hybridized carbons (Fsp3) is 0.200. The first kappa shape index (κ1) is 8.74. The summed E-state index contributed by atoms with van der Waals surface area (Å²) in [5.74, 6) is 0.801. The van der Waals surface area contributed by atoms with E-state index in [0.717, 1.165) is 23.4 Å². The van der Waals surface area contributed by atoms with Crippen molar-refractivity contribution in [2.24, 2.45) is 0 Å². The van der Waals surface area contributed by atoms with Crippen molar-refractivity contribution >= 4 is 6.01 Å². The molecule has 4 nitrogen and oxygen atoms in total. The average molecular weight is 189 g/mol. The quantitative estimate of drug-likeness (QED) is 0.783. The number of hydrogen-bond acceptors (Lipinski definition) is 4. The summed E-state index contributed by atoms with van der Waals surface area (Å²) in [7, 11) is 0. The predicted molar refractivity (Wildman–Crippen MR) is 53.5 cm³/mol. The van der Waals surface area contributed by atoms with Crippen LogP contribution >= 0.6 is 0 Å². The van der Waals surface area contributed by atoms with Crippen molar-refractivity contribution in [3.8, 4) is 11.3 Å². The summed E-state index contributed by atoms with van der Waals surface area (Å²) in [5, 5.41) is 0. The molecule has 0 fully saturated rings. The van der Waals surface area contributed by atoms with Crippen LogP contribution in [0.1, 0.15) is 12.7 Å². The number of nitrogens with zero attached hydrogens (tertiary/aromatic N) is 2. The third kappa shape index (κ3) is 1.46. The fourth-order valence-electron chi connectivity index (χ4n) is 1.34. The van der Waals surface area contributed by atoms with Gasteiger partial charge in [0, 0.05) is 24.4 Å². The van der Waals surface area contributed by atoms with Crippen molar-refractivity contribution in [1.82, 2.24) is 9.97 Å². The molecule has 2 aromatic heterocycles. The van der Waals surface area contributed by atoms with Gasteiger partial charge in [0.25, 0.3) is 6.01 Å². The molecule has 4 heteroatoms. The number of pyridine rings is 1. The van der Waals surface area contributed by atoms with E-state index >= 15 is 0 Å². The van der Waals surface area contributed by atoms with Crippen molar-refractivity contribution < 1.29 is 4.42 Å². The van der Waals surface area contributed by atoms with Gasteiger partial charge in [-0.25, -0.2) is 0 Å². The van der Waals surface area contributed by atoms with E-state index in [2.05, 4.69) is 9.97 Å². The zero-order valence-electron chi connectivity index (χ0n) is 7.90. The summed E-state index contributed by atoms with van der Waals surface area (Å²) in [5.41, 5.74) is 7.22. The molecule has 2 aromatic rings. The molecule has 0 amide bonds. The van der Waals surface area contributed by atoms with E-state index in [1.165, 1.54) is 0 Å². The second-order valence-corrected chi connectivity index (χ2v) is 2.92. The van der Waals surface area contributed by atoms with Crippen LogP contribution in [0.25, 0.3) is 11.3 Å². The zero-order valence-corrected chi connectivity index (χ0v) is 7.90. The van der Waals surface area contributed by atoms with Gasteiger partial charge in [0.05, 0.1) is 0 Å². The fourth-order valence-corrected chi connectivity index (χ4v) is 1.34. The van der Waals surface area contributed by atoms with Crippen molar-refractivity contribution in [2.75, 3.05) is 5.73 Å². The number of hydrogen-bond donors (Lipinski definition) is 1. The van der Waals surface area contributed by atoms with E-state index in [9.17, 15) is 0 Å². The SMILES string of the molecule is CCc1oc(N)nc1-c1cccnc1. The monoisotopic (exact) mass is 189 g/mol. The van der Waals surface area contributed by atoms with Crippen molar-refractivity contribution in [2.45, 2.75) is 13.3 Å². The van der Waals surface area contributed by atoms with Crippen LogP contribution in [-0.4, -0.2) is 9.97 Å². The summed E-state index contributed by atoms with van der Waals surface area (Å²) in [4.78, 5) is 8.15. The number of nitrogens with two attached hydrogens (primary N) is 1. The van der Waals surface area contributed by atoms with Gasteiger partial charge in [-0.1, -0.05) is 6.92 Å². The molecular formula is C10H11N3O. The number of aromatic nitrogens is 2. The van der Waals surface area contributed by atoms with Crippen LogP contribution in [0.2, 0.25) is 0 Å². The number of aryl methyl sites for hydroxylation is 1. The van der Waals surface area contributed by atoms with E-state index in [4.69, 9.17) is 10.2 Å². The molecule has 0 aliphatic carbocycles. The first-order valence-corrected chi connectivity index (χ1v) is 4.47. The van der Waals surface area contributed by atoms with Gasteiger partial charge in [-0.2, -0.15) is 4.98 Å². The minimum absolute atomic E-state index is 0.209. The Labute approximate surface area is 81.8 Å². The molecule has 0 bridgehead atoms. The minimum Gasteiger partial charge on any atom is -0.428 e. The Morgan fingerprint density at radius 3 is 3.00 bits per heavy atom. The van der Waals surface area contributed by atoms with Gasteiger partial charge < -0.3 is 10.2 Å².